The molecule has 2 heterocycles. The van der Waals surface area contributed by atoms with E-state index >= 15 is 0 Å². The summed E-state index contributed by atoms with van der Waals surface area (Å²) in [6.07, 6.45) is 7.41. The molecule has 0 spiro atoms. The topological polar surface area (TPSA) is 69.7 Å². The van der Waals surface area contributed by atoms with Gasteiger partial charge in [0.05, 0.1) is 11.4 Å². The Morgan fingerprint density at radius 3 is 2.15 bits per heavy atom. The smallest absolute Gasteiger partial charge is 0.240 e. The molecule has 27 heavy (non-hydrogen) atoms. The van der Waals surface area contributed by atoms with Crippen molar-refractivity contribution >= 4 is 15.9 Å². The van der Waals surface area contributed by atoms with Crippen LogP contribution in [0.4, 0.5) is 0 Å². The first-order valence-corrected chi connectivity index (χ1v) is 11.6. The predicted molar refractivity (Wildman–Crippen MR) is 106 cm³/mol. The van der Waals surface area contributed by atoms with Crippen LogP contribution in [0.3, 0.4) is 0 Å². The highest BCUT2D eigenvalue weighted by molar-refractivity contribution is 7.89. The number of rotatable bonds is 5. The largest absolute Gasteiger partial charge is 0.342 e. The van der Waals surface area contributed by atoms with Gasteiger partial charge in [-0.05, 0) is 37.8 Å². The van der Waals surface area contributed by atoms with Crippen molar-refractivity contribution in [2.75, 3.05) is 32.7 Å². The number of nitrogens with zero attached hydrogens (tertiary/aromatic N) is 2. The van der Waals surface area contributed by atoms with Crippen molar-refractivity contribution in [1.29, 1.82) is 0 Å². The molecule has 0 unspecified atom stereocenters. The molecule has 0 bridgehead atoms. The minimum Gasteiger partial charge on any atom is -0.342 e. The van der Waals surface area contributed by atoms with E-state index in [1.165, 1.54) is 19.3 Å². The number of sulfonamides is 1. The maximum absolute atomic E-state index is 12.6. The van der Waals surface area contributed by atoms with Crippen molar-refractivity contribution in [2.45, 2.75) is 55.9 Å². The molecule has 0 atom stereocenters. The third kappa shape index (κ3) is 6.02. The van der Waals surface area contributed by atoms with Gasteiger partial charge in [0.25, 0.3) is 0 Å². The number of nitrogens with one attached hydrogen (secondary N) is 1. The first-order valence-electron chi connectivity index (χ1n) is 10.1. The highest BCUT2D eigenvalue weighted by Crippen LogP contribution is 2.16. The van der Waals surface area contributed by atoms with Crippen molar-refractivity contribution in [1.82, 2.24) is 14.5 Å². The minimum absolute atomic E-state index is 0.0664. The van der Waals surface area contributed by atoms with Gasteiger partial charge in [-0.2, -0.15) is 0 Å². The number of hydrogen-bond acceptors (Lipinski definition) is 4. The molecule has 150 valence electrons. The van der Waals surface area contributed by atoms with E-state index in [9.17, 15) is 13.2 Å². The SMILES string of the molecule is O=C(CN1CCC(NS(=O)(=O)c2ccccc2)CC1)N1CCCCCCC1. The fourth-order valence-electron chi connectivity index (χ4n) is 3.88. The molecule has 0 saturated carbocycles. The van der Waals surface area contributed by atoms with Crippen LogP contribution in [0.15, 0.2) is 35.2 Å². The molecular weight excluding hydrogens is 362 g/mol. The minimum atomic E-state index is -3.47. The second-order valence-electron chi connectivity index (χ2n) is 7.63. The summed E-state index contributed by atoms with van der Waals surface area (Å²) in [5, 5.41) is 0. The lowest BCUT2D eigenvalue weighted by molar-refractivity contribution is -0.133. The Bertz CT molecular complexity index is 692. The van der Waals surface area contributed by atoms with Gasteiger partial charge in [0, 0.05) is 32.2 Å². The summed E-state index contributed by atoms with van der Waals surface area (Å²) in [7, 11) is -3.47. The number of carbonyl (C=O) groups excluding carboxylic acids is 1. The summed E-state index contributed by atoms with van der Waals surface area (Å²) >= 11 is 0. The molecule has 2 saturated heterocycles. The number of carbonyl (C=O) groups is 1. The maximum Gasteiger partial charge on any atom is 0.240 e. The van der Waals surface area contributed by atoms with Gasteiger partial charge in [0.2, 0.25) is 15.9 Å². The molecule has 1 aromatic carbocycles. The summed E-state index contributed by atoms with van der Waals surface area (Å²) in [4.78, 5) is 17.1. The zero-order valence-corrected chi connectivity index (χ0v) is 16.8. The highest BCUT2D eigenvalue weighted by Gasteiger charge is 2.26. The fraction of sp³-hybridized carbons (Fsp3) is 0.650. The van der Waals surface area contributed by atoms with Crippen LogP contribution < -0.4 is 4.72 Å². The molecule has 6 nitrogen and oxygen atoms in total. The average molecular weight is 394 g/mol. The summed E-state index contributed by atoms with van der Waals surface area (Å²) < 4.78 is 27.7. The predicted octanol–water partition coefficient (Wildman–Crippen LogP) is 2.22. The maximum atomic E-state index is 12.6. The van der Waals surface area contributed by atoms with E-state index in [4.69, 9.17) is 0 Å². The molecule has 2 fully saturated rings. The second kappa shape index (κ2) is 9.66. The Labute approximate surface area is 163 Å². The molecule has 2 aliphatic heterocycles. The molecule has 1 aromatic rings. The fourth-order valence-corrected chi connectivity index (χ4v) is 5.21. The van der Waals surface area contributed by atoms with Crippen LogP contribution in [-0.2, 0) is 14.8 Å². The molecule has 0 aliphatic carbocycles. The Morgan fingerprint density at radius 1 is 0.926 bits per heavy atom. The Kier molecular flexibility index (Phi) is 7.26. The lowest BCUT2D eigenvalue weighted by atomic mass is 10.1. The zero-order valence-electron chi connectivity index (χ0n) is 16.0. The monoisotopic (exact) mass is 393 g/mol. The van der Waals surface area contributed by atoms with Crippen LogP contribution in [0.25, 0.3) is 0 Å². The lowest BCUT2D eigenvalue weighted by Gasteiger charge is -2.33. The highest BCUT2D eigenvalue weighted by atomic mass is 32.2. The van der Waals surface area contributed by atoms with E-state index in [0.29, 0.717) is 11.4 Å². The van der Waals surface area contributed by atoms with Crippen LogP contribution in [-0.4, -0.2) is 62.9 Å². The molecule has 0 radical (unpaired) electrons. The molecule has 7 heteroatoms. The van der Waals surface area contributed by atoms with Gasteiger partial charge in [0.15, 0.2) is 0 Å². The normalized spacial score (nSPS) is 20.8. The summed E-state index contributed by atoms with van der Waals surface area (Å²) in [6, 6.07) is 8.42. The van der Waals surface area contributed by atoms with Crippen molar-refractivity contribution in [3.05, 3.63) is 30.3 Å². The average Bonchev–Trinajstić information content (AvgIpc) is 2.63. The second-order valence-corrected chi connectivity index (χ2v) is 9.35. The Morgan fingerprint density at radius 2 is 1.52 bits per heavy atom. The molecule has 3 rings (SSSR count). The number of hydrogen-bond donors (Lipinski definition) is 1. The summed E-state index contributed by atoms with van der Waals surface area (Å²) in [5.41, 5.74) is 0. The first-order chi connectivity index (χ1) is 13.0. The standard InChI is InChI=1S/C20H31N3O3S/c24-20(23-13-7-2-1-3-8-14-23)17-22-15-11-18(12-16-22)21-27(25,26)19-9-5-4-6-10-19/h4-6,9-10,18,21H,1-3,7-8,11-17H2. The number of piperidine rings is 1. The Balaban J connectivity index is 1.45. The van der Waals surface area contributed by atoms with E-state index in [1.807, 2.05) is 4.90 Å². The van der Waals surface area contributed by atoms with Gasteiger partial charge < -0.3 is 4.90 Å². The van der Waals surface area contributed by atoms with Gasteiger partial charge in [0.1, 0.15) is 0 Å². The third-order valence-corrected chi connectivity index (χ3v) is 7.07. The van der Waals surface area contributed by atoms with Crippen LogP contribution in [0.2, 0.25) is 0 Å². The van der Waals surface area contributed by atoms with E-state index in [0.717, 1.165) is 51.9 Å². The molecule has 0 aromatic heterocycles. The van der Waals surface area contributed by atoms with E-state index in [-0.39, 0.29) is 11.9 Å². The molecular formula is C20H31N3O3S. The lowest BCUT2D eigenvalue weighted by Crippen LogP contribution is -2.48. The van der Waals surface area contributed by atoms with E-state index < -0.39 is 10.0 Å². The summed E-state index contributed by atoms with van der Waals surface area (Å²) in [6.45, 7) is 3.72. The first kappa shape index (κ1) is 20.3. The van der Waals surface area contributed by atoms with E-state index in [2.05, 4.69) is 9.62 Å². The number of benzene rings is 1. The van der Waals surface area contributed by atoms with Crippen molar-refractivity contribution in [2.24, 2.45) is 0 Å². The van der Waals surface area contributed by atoms with Crippen LogP contribution >= 0.6 is 0 Å². The molecule has 1 amide bonds. The number of likely N-dealkylation sites (tertiary alicyclic amines) is 2. The summed E-state index contributed by atoms with van der Waals surface area (Å²) in [5.74, 6) is 0.222. The number of amides is 1. The Hall–Kier alpha value is -1.44. The van der Waals surface area contributed by atoms with Crippen molar-refractivity contribution in [3.63, 3.8) is 0 Å². The zero-order chi connectivity index (χ0) is 19.1. The molecule has 1 N–H and O–H groups in total. The van der Waals surface area contributed by atoms with Gasteiger partial charge >= 0.3 is 0 Å². The van der Waals surface area contributed by atoms with Crippen molar-refractivity contribution in [3.8, 4) is 0 Å². The van der Waals surface area contributed by atoms with E-state index in [1.54, 1.807) is 30.3 Å². The van der Waals surface area contributed by atoms with Crippen LogP contribution in [0, 0.1) is 0 Å². The van der Waals surface area contributed by atoms with Crippen molar-refractivity contribution < 1.29 is 13.2 Å². The quantitative estimate of drug-likeness (QED) is 0.833. The molecule has 2 aliphatic rings. The third-order valence-electron chi connectivity index (χ3n) is 5.53. The van der Waals surface area contributed by atoms with Gasteiger partial charge in [-0.15, -0.1) is 0 Å². The van der Waals surface area contributed by atoms with Gasteiger partial charge in [-0.25, -0.2) is 13.1 Å². The van der Waals surface area contributed by atoms with Gasteiger partial charge in [-0.1, -0.05) is 37.5 Å². The van der Waals surface area contributed by atoms with Crippen LogP contribution in [0.5, 0.6) is 0 Å². The van der Waals surface area contributed by atoms with Gasteiger partial charge in [-0.3, -0.25) is 9.69 Å². The van der Waals surface area contributed by atoms with Crippen LogP contribution in [0.1, 0.15) is 44.9 Å².